The Morgan fingerprint density at radius 2 is 2.11 bits per heavy atom. The Bertz CT molecular complexity index is 633. The Labute approximate surface area is 118 Å². The van der Waals surface area contributed by atoms with Crippen molar-refractivity contribution in [2.24, 2.45) is 0 Å². The van der Waals surface area contributed by atoms with E-state index in [1.165, 1.54) is 0 Å². The smallest absolute Gasteiger partial charge is 0.289 e. The van der Waals surface area contributed by atoms with E-state index in [2.05, 4.69) is 32.8 Å². The second kappa shape index (κ2) is 5.32. The molecule has 4 nitrogen and oxygen atoms in total. The molecule has 18 heavy (non-hydrogen) atoms. The van der Waals surface area contributed by atoms with E-state index in [1.54, 1.807) is 15.9 Å². The van der Waals surface area contributed by atoms with Gasteiger partial charge < -0.3 is 0 Å². The minimum atomic E-state index is -0.223. The van der Waals surface area contributed by atoms with E-state index in [0.29, 0.717) is 6.54 Å². The minimum Gasteiger partial charge on any atom is -0.289 e. The SMILES string of the molecule is CCc1nc(Cn2c(C)c(Br)c(C)nc2=O)cs1. The van der Waals surface area contributed by atoms with Crippen LogP contribution in [0.1, 0.15) is 29.0 Å². The Morgan fingerprint density at radius 1 is 1.39 bits per heavy atom. The quantitative estimate of drug-likeness (QED) is 0.870. The van der Waals surface area contributed by atoms with Crippen LogP contribution in [-0.2, 0) is 13.0 Å². The van der Waals surface area contributed by atoms with Crippen LogP contribution in [0, 0.1) is 13.8 Å². The molecule has 0 aliphatic heterocycles. The topological polar surface area (TPSA) is 47.8 Å². The molecule has 0 aliphatic carbocycles. The molecule has 0 unspecified atom stereocenters. The lowest BCUT2D eigenvalue weighted by Gasteiger charge is -2.10. The third kappa shape index (κ3) is 2.54. The van der Waals surface area contributed by atoms with Gasteiger partial charge in [-0.25, -0.2) is 9.78 Å². The van der Waals surface area contributed by atoms with Gasteiger partial charge in [0, 0.05) is 11.1 Å². The third-order valence-electron chi connectivity index (χ3n) is 2.76. The maximum absolute atomic E-state index is 11.9. The normalized spacial score (nSPS) is 10.9. The summed E-state index contributed by atoms with van der Waals surface area (Å²) in [5, 5.41) is 3.09. The second-order valence-electron chi connectivity index (χ2n) is 4.05. The van der Waals surface area contributed by atoms with Crippen LogP contribution >= 0.6 is 27.3 Å². The van der Waals surface area contributed by atoms with Crippen molar-refractivity contribution in [3.63, 3.8) is 0 Å². The van der Waals surface area contributed by atoms with Crippen molar-refractivity contribution < 1.29 is 0 Å². The van der Waals surface area contributed by atoms with Crippen molar-refractivity contribution >= 4 is 27.3 Å². The summed E-state index contributed by atoms with van der Waals surface area (Å²) in [6, 6.07) is 0. The van der Waals surface area contributed by atoms with Crippen LogP contribution in [0.3, 0.4) is 0 Å². The first-order chi connectivity index (χ1) is 8.52. The number of nitrogens with zero attached hydrogens (tertiary/aromatic N) is 3. The summed E-state index contributed by atoms with van der Waals surface area (Å²) in [6.07, 6.45) is 0.925. The van der Waals surface area contributed by atoms with Gasteiger partial charge in [0.05, 0.1) is 27.4 Å². The van der Waals surface area contributed by atoms with Gasteiger partial charge in [-0.15, -0.1) is 11.3 Å². The highest BCUT2D eigenvalue weighted by Gasteiger charge is 2.10. The first-order valence-corrected chi connectivity index (χ1v) is 7.37. The lowest BCUT2D eigenvalue weighted by molar-refractivity contribution is 0.677. The van der Waals surface area contributed by atoms with E-state index in [0.717, 1.165) is 33.0 Å². The van der Waals surface area contributed by atoms with E-state index >= 15 is 0 Å². The zero-order chi connectivity index (χ0) is 13.3. The Kier molecular flexibility index (Phi) is 3.97. The maximum Gasteiger partial charge on any atom is 0.348 e. The van der Waals surface area contributed by atoms with Crippen molar-refractivity contribution in [1.82, 2.24) is 14.5 Å². The summed E-state index contributed by atoms with van der Waals surface area (Å²) < 4.78 is 2.53. The molecule has 0 saturated carbocycles. The lowest BCUT2D eigenvalue weighted by Crippen LogP contribution is -2.27. The van der Waals surface area contributed by atoms with Gasteiger partial charge in [0.15, 0.2) is 0 Å². The fraction of sp³-hybridized carbons (Fsp3) is 0.417. The number of aromatic nitrogens is 3. The predicted octanol–water partition coefficient (Wildman–Crippen LogP) is 2.69. The number of hydrogen-bond donors (Lipinski definition) is 0. The van der Waals surface area contributed by atoms with Crippen molar-refractivity contribution in [2.45, 2.75) is 33.7 Å². The average molecular weight is 328 g/mol. The molecule has 0 radical (unpaired) electrons. The van der Waals surface area contributed by atoms with Gasteiger partial charge in [0.25, 0.3) is 0 Å². The van der Waals surface area contributed by atoms with Gasteiger partial charge >= 0.3 is 5.69 Å². The number of halogens is 1. The molecule has 0 fully saturated rings. The number of thiazole rings is 1. The maximum atomic E-state index is 11.9. The Balaban J connectivity index is 2.40. The van der Waals surface area contributed by atoms with Crippen molar-refractivity contribution in [2.75, 3.05) is 0 Å². The average Bonchev–Trinajstić information content (AvgIpc) is 2.80. The summed E-state index contributed by atoms with van der Waals surface area (Å²) in [6.45, 7) is 6.28. The highest BCUT2D eigenvalue weighted by molar-refractivity contribution is 9.10. The van der Waals surface area contributed by atoms with Crippen molar-refractivity contribution in [3.8, 4) is 0 Å². The molecule has 0 atom stereocenters. The minimum absolute atomic E-state index is 0.223. The van der Waals surface area contributed by atoms with E-state index in [4.69, 9.17) is 0 Å². The molecule has 96 valence electrons. The van der Waals surface area contributed by atoms with Crippen LogP contribution in [0.2, 0.25) is 0 Å². The number of hydrogen-bond acceptors (Lipinski definition) is 4. The zero-order valence-corrected chi connectivity index (χ0v) is 12.9. The van der Waals surface area contributed by atoms with Crippen molar-refractivity contribution in [3.05, 3.63) is 42.4 Å². The first-order valence-electron chi connectivity index (χ1n) is 5.69. The molecule has 0 aliphatic rings. The molecular formula is C12H14BrN3OS. The molecule has 0 aromatic carbocycles. The van der Waals surface area contributed by atoms with Crippen LogP contribution in [0.4, 0.5) is 0 Å². The van der Waals surface area contributed by atoms with Crippen LogP contribution in [-0.4, -0.2) is 14.5 Å². The van der Waals surface area contributed by atoms with Gasteiger partial charge in [0.2, 0.25) is 0 Å². The number of aryl methyl sites for hydroxylation is 2. The fourth-order valence-corrected chi connectivity index (χ4v) is 2.75. The van der Waals surface area contributed by atoms with Crippen LogP contribution in [0.15, 0.2) is 14.6 Å². The largest absolute Gasteiger partial charge is 0.348 e. The van der Waals surface area contributed by atoms with Crippen molar-refractivity contribution in [1.29, 1.82) is 0 Å². The molecule has 2 rings (SSSR count). The van der Waals surface area contributed by atoms with Crippen LogP contribution in [0.5, 0.6) is 0 Å². The van der Waals surface area contributed by atoms with Crippen LogP contribution in [0.25, 0.3) is 0 Å². The highest BCUT2D eigenvalue weighted by Crippen LogP contribution is 2.18. The molecule has 0 bridgehead atoms. The standard InChI is InChI=1S/C12H14BrN3OS/c1-4-10-15-9(6-18-10)5-16-8(3)11(13)7(2)14-12(16)17/h6H,4-5H2,1-3H3. The summed E-state index contributed by atoms with van der Waals surface area (Å²) in [5.74, 6) is 0. The highest BCUT2D eigenvalue weighted by atomic mass is 79.9. The van der Waals surface area contributed by atoms with E-state index in [9.17, 15) is 4.79 Å². The van der Waals surface area contributed by atoms with Gasteiger partial charge in [-0.3, -0.25) is 4.57 Å². The van der Waals surface area contributed by atoms with Gasteiger partial charge in [-0.05, 0) is 36.2 Å². The fourth-order valence-electron chi connectivity index (χ4n) is 1.71. The second-order valence-corrected chi connectivity index (χ2v) is 5.79. The molecule has 2 aromatic rings. The molecule has 0 N–H and O–H groups in total. The Hall–Kier alpha value is -1.01. The van der Waals surface area contributed by atoms with E-state index in [-0.39, 0.29) is 5.69 Å². The summed E-state index contributed by atoms with van der Waals surface area (Å²) >= 11 is 5.09. The molecule has 0 spiro atoms. The van der Waals surface area contributed by atoms with E-state index < -0.39 is 0 Å². The molecule has 0 amide bonds. The summed E-state index contributed by atoms with van der Waals surface area (Å²) in [5.41, 5.74) is 2.30. The third-order valence-corrected chi connectivity index (χ3v) is 4.95. The van der Waals surface area contributed by atoms with Gasteiger partial charge in [-0.1, -0.05) is 6.92 Å². The first kappa shape index (κ1) is 13.4. The van der Waals surface area contributed by atoms with Gasteiger partial charge in [-0.2, -0.15) is 4.98 Å². The summed E-state index contributed by atoms with van der Waals surface area (Å²) in [4.78, 5) is 20.4. The molecule has 2 aromatic heterocycles. The molecule has 0 saturated heterocycles. The molecular weight excluding hydrogens is 314 g/mol. The predicted molar refractivity (Wildman–Crippen MR) is 76.3 cm³/mol. The summed E-state index contributed by atoms with van der Waals surface area (Å²) in [7, 11) is 0. The molecule has 6 heteroatoms. The van der Waals surface area contributed by atoms with Gasteiger partial charge in [0.1, 0.15) is 0 Å². The number of rotatable bonds is 3. The monoisotopic (exact) mass is 327 g/mol. The zero-order valence-electron chi connectivity index (χ0n) is 10.5. The molecule has 2 heterocycles. The Morgan fingerprint density at radius 3 is 2.72 bits per heavy atom. The lowest BCUT2D eigenvalue weighted by atomic mass is 10.3. The van der Waals surface area contributed by atoms with E-state index in [1.807, 2.05) is 19.2 Å². The van der Waals surface area contributed by atoms with Crippen LogP contribution < -0.4 is 5.69 Å².